The van der Waals surface area contributed by atoms with Crippen LogP contribution < -0.4 is 10.2 Å². The molecule has 1 aromatic rings. The third kappa shape index (κ3) is 1.47. The van der Waals surface area contributed by atoms with Gasteiger partial charge in [-0.2, -0.15) is 5.48 Å². The van der Waals surface area contributed by atoms with Crippen LogP contribution in [-0.2, 0) is 4.84 Å². The molecule has 0 fully saturated rings. The average Bonchev–Trinajstić information content (AvgIpc) is 2.43. The monoisotopic (exact) mass is 197 g/mol. The van der Waals surface area contributed by atoms with Gasteiger partial charge in [-0.15, -0.1) is 0 Å². The van der Waals surface area contributed by atoms with Gasteiger partial charge in [-0.3, -0.25) is 0 Å². The van der Waals surface area contributed by atoms with Crippen molar-refractivity contribution < 1.29 is 14.0 Å². The van der Waals surface area contributed by atoms with E-state index in [-0.39, 0.29) is 18.0 Å². The van der Waals surface area contributed by atoms with Crippen molar-refractivity contribution in [3.63, 3.8) is 0 Å². The molecule has 1 aliphatic rings. The molecule has 1 aromatic carbocycles. The lowest BCUT2D eigenvalue weighted by Gasteiger charge is -2.14. The molecule has 2 atom stereocenters. The number of nitrogens with one attached hydrogen (secondary N) is 1. The summed E-state index contributed by atoms with van der Waals surface area (Å²) in [7, 11) is 1.55. The van der Waals surface area contributed by atoms with Crippen molar-refractivity contribution >= 4 is 0 Å². The van der Waals surface area contributed by atoms with Gasteiger partial charge in [0.25, 0.3) is 0 Å². The van der Waals surface area contributed by atoms with E-state index in [4.69, 9.17) is 9.57 Å². The van der Waals surface area contributed by atoms with E-state index < -0.39 is 0 Å². The average molecular weight is 197 g/mol. The highest BCUT2D eigenvalue weighted by Gasteiger charge is 2.31. The van der Waals surface area contributed by atoms with Crippen LogP contribution in [0.4, 0.5) is 4.39 Å². The molecule has 2 rings (SSSR count). The smallest absolute Gasteiger partial charge is 0.127 e. The summed E-state index contributed by atoms with van der Waals surface area (Å²) in [4.78, 5) is 4.86. The Bertz CT molecular complexity index is 343. The number of fused-ring (bicyclic) bond motifs is 1. The summed E-state index contributed by atoms with van der Waals surface area (Å²) < 4.78 is 18.3. The molecule has 1 N–H and O–H groups in total. The number of hydrogen-bond acceptors (Lipinski definition) is 3. The minimum absolute atomic E-state index is 0.0319. The highest BCUT2D eigenvalue weighted by atomic mass is 19.1. The summed E-state index contributed by atoms with van der Waals surface area (Å²) in [6.45, 7) is 1.91. The van der Waals surface area contributed by atoms with Crippen LogP contribution in [0.15, 0.2) is 18.2 Å². The van der Waals surface area contributed by atoms with E-state index in [0.717, 1.165) is 5.56 Å². The summed E-state index contributed by atoms with van der Waals surface area (Å²) in [6.07, 6.45) is -0.0493. The molecule has 76 valence electrons. The van der Waals surface area contributed by atoms with Crippen molar-refractivity contribution in [2.45, 2.75) is 19.1 Å². The zero-order chi connectivity index (χ0) is 10.1. The lowest BCUT2D eigenvalue weighted by molar-refractivity contribution is 0.0339. The van der Waals surface area contributed by atoms with Crippen LogP contribution in [0.1, 0.15) is 18.5 Å². The third-order valence-electron chi connectivity index (χ3n) is 2.34. The van der Waals surface area contributed by atoms with E-state index in [9.17, 15) is 4.39 Å². The molecule has 4 heteroatoms. The standard InChI is InChI=1S/C10H12FNO2/c1-6-10(12-13-2)8-4-3-7(11)5-9(8)14-6/h3-6,10,12H,1-2H3. The number of hydrogen-bond donors (Lipinski definition) is 1. The Morgan fingerprint density at radius 1 is 1.50 bits per heavy atom. The number of hydroxylamine groups is 1. The van der Waals surface area contributed by atoms with Gasteiger partial charge in [-0.25, -0.2) is 4.39 Å². The molecule has 14 heavy (non-hydrogen) atoms. The predicted molar refractivity (Wildman–Crippen MR) is 49.4 cm³/mol. The van der Waals surface area contributed by atoms with Crippen molar-refractivity contribution in [3.05, 3.63) is 29.6 Å². The number of ether oxygens (including phenoxy) is 1. The second kappa shape index (κ2) is 3.55. The zero-order valence-electron chi connectivity index (χ0n) is 8.08. The fourth-order valence-corrected chi connectivity index (χ4v) is 1.67. The van der Waals surface area contributed by atoms with Gasteiger partial charge in [0.05, 0.1) is 13.2 Å². The van der Waals surface area contributed by atoms with Crippen molar-refractivity contribution in [3.8, 4) is 5.75 Å². The van der Waals surface area contributed by atoms with Crippen molar-refractivity contribution in [1.29, 1.82) is 0 Å². The van der Waals surface area contributed by atoms with Gasteiger partial charge < -0.3 is 9.57 Å². The van der Waals surface area contributed by atoms with E-state index in [1.807, 2.05) is 6.92 Å². The number of halogens is 1. The first-order valence-electron chi connectivity index (χ1n) is 4.47. The van der Waals surface area contributed by atoms with Crippen molar-refractivity contribution in [2.24, 2.45) is 0 Å². The Morgan fingerprint density at radius 2 is 2.29 bits per heavy atom. The SMILES string of the molecule is CONC1c2ccc(F)cc2OC1C. The predicted octanol–water partition coefficient (Wildman–Crippen LogP) is 1.80. The molecule has 0 saturated carbocycles. The van der Waals surface area contributed by atoms with E-state index >= 15 is 0 Å². The molecule has 2 unspecified atom stereocenters. The lowest BCUT2D eigenvalue weighted by atomic mass is 10.1. The Kier molecular flexibility index (Phi) is 2.39. The van der Waals surface area contributed by atoms with E-state index in [1.165, 1.54) is 12.1 Å². The maximum absolute atomic E-state index is 12.9. The highest BCUT2D eigenvalue weighted by Crippen LogP contribution is 2.36. The molecule has 0 saturated heterocycles. The maximum atomic E-state index is 12.9. The van der Waals surface area contributed by atoms with Gasteiger partial charge in [0.2, 0.25) is 0 Å². The molecule has 1 heterocycles. The van der Waals surface area contributed by atoms with Crippen LogP contribution in [-0.4, -0.2) is 13.2 Å². The normalized spacial score (nSPS) is 24.5. The van der Waals surface area contributed by atoms with Crippen molar-refractivity contribution in [1.82, 2.24) is 5.48 Å². The van der Waals surface area contributed by atoms with Gasteiger partial charge in [0.15, 0.2) is 0 Å². The van der Waals surface area contributed by atoms with E-state index in [0.29, 0.717) is 5.75 Å². The third-order valence-corrected chi connectivity index (χ3v) is 2.34. The van der Waals surface area contributed by atoms with E-state index in [1.54, 1.807) is 13.2 Å². The Balaban J connectivity index is 2.33. The van der Waals surface area contributed by atoms with Gasteiger partial charge in [0, 0.05) is 11.6 Å². The number of benzene rings is 1. The molecule has 0 amide bonds. The minimum atomic E-state index is -0.283. The quantitative estimate of drug-likeness (QED) is 0.733. The largest absolute Gasteiger partial charge is 0.488 e. The molecule has 0 spiro atoms. The number of rotatable bonds is 2. The summed E-state index contributed by atoms with van der Waals surface area (Å²) >= 11 is 0. The first kappa shape index (κ1) is 9.43. The maximum Gasteiger partial charge on any atom is 0.127 e. The molecule has 0 radical (unpaired) electrons. The molecule has 0 aliphatic carbocycles. The highest BCUT2D eigenvalue weighted by molar-refractivity contribution is 5.40. The first-order valence-corrected chi connectivity index (χ1v) is 4.47. The topological polar surface area (TPSA) is 30.5 Å². The van der Waals surface area contributed by atoms with Crippen LogP contribution in [0, 0.1) is 5.82 Å². The Labute approximate surface area is 81.8 Å². The zero-order valence-corrected chi connectivity index (χ0v) is 8.08. The van der Waals surface area contributed by atoms with Crippen LogP contribution >= 0.6 is 0 Å². The van der Waals surface area contributed by atoms with Gasteiger partial charge in [-0.05, 0) is 13.0 Å². The molecular weight excluding hydrogens is 185 g/mol. The van der Waals surface area contributed by atoms with Crippen LogP contribution in [0.3, 0.4) is 0 Å². The Hall–Kier alpha value is -1.13. The summed E-state index contributed by atoms with van der Waals surface area (Å²) in [5.41, 5.74) is 3.75. The lowest BCUT2D eigenvalue weighted by Crippen LogP contribution is -2.27. The molecule has 1 aliphatic heterocycles. The fourth-order valence-electron chi connectivity index (χ4n) is 1.67. The van der Waals surface area contributed by atoms with Gasteiger partial charge >= 0.3 is 0 Å². The van der Waals surface area contributed by atoms with Gasteiger partial charge in [-0.1, -0.05) is 6.07 Å². The van der Waals surface area contributed by atoms with Gasteiger partial charge in [0.1, 0.15) is 17.7 Å². The minimum Gasteiger partial charge on any atom is -0.488 e. The van der Waals surface area contributed by atoms with Crippen LogP contribution in [0.5, 0.6) is 5.75 Å². The summed E-state index contributed by atoms with van der Waals surface area (Å²) in [5.74, 6) is 0.307. The second-order valence-electron chi connectivity index (χ2n) is 3.30. The summed E-state index contributed by atoms with van der Waals surface area (Å²) in [5, 5.41) is 0. The first-order chi connectivity index (χ1) is 6.72. The molecule has 3 nitrogen and oxygen atoms in total. The van der Waals surface area contributed by atoms with E-state index in [2.05, 4.69) is 5.48 Å². The molecular formula is C10H12FNO2. The fraction of sp³-hybridized carbons (Fsp3) is 0.400. The van der Waals surface area contributed by atoms with Crippen LogP contribution in [0.25, 0.3) is 0 Å². The summed E-state index contributed by atoms with van der Waals surface area (Å²) in [6, 6.07) is 4.49. The molecule has 0 aromatic heterocycles. The second-order valence-corrected chi connectivity index (χ2v) is 3.30. The molecule has 0 bridgehead atoms. The van der Waals surface area contributed by atoms with Crippen molar-refractivity contribution in [2.75, 3.05) is 7.11 Å². The Morgan fingerprint density at radius 3 is 3.00 bits per heavy atom. The van der Waals surface area contributed by atoms with Crippen LogP contribution in [0.2, 0.25) is 0 Å².